The lowest BCUT2D eigenvalue weighted by molar-refractivity contribution is 0.394. The van der Waals surface area contributed by atoms with Crippen molar-refractivity contribution in [3.05, 3.63) is 102 Å². The Morgan fingerprint density at radius 3 is 2.47 bits per heavy atom. The number of methoxy groups -OCH3 is 2. The molecule has 8 heteroatoms. The van der Waals surface area contributed by atoms with Crippen LogP contribution < -0.4 is 19.7 Å². The summed E-state index contributed by atoms with van der Waals surface area (Å²) in [6, 6.07) is 21.5. The van der Waals surface area contributed by atoms with Gasteiger partial charge in [0.1, 0.15) is 17.5 Å². The number of ether oxygens (including phenoxy) is 2. The number of aromatic nitrogens is 3. The largest absolute Gasteiger partial charge is 0.497 e. The first kappa shape index (κ1) is 21.9. The van der Waals surface area contributed by atoms with E-state index >= 15 is 0 Å². The molecule has 4 aromatic rings. The lowest BCUT2D eigenvalue weighted by Crippen LogP contribution is -2.30. The van der Waals surface area contributed by atoms with Crippen LogP contribution in [0.25, 0.3) is 0 Å². The molecule has 1 aliphatic heterocycles. The van der Waals surface area contributed by atoms with Crippen LogP contribution in [0.4, 0.5) is 5.69 Å². The number of thiocarbonyl (C=S) groups is 1. The number of anilines is 1. The molecule has 0 radical (unpaired) electrons. The van der Waals surface area contributed by atoms with Gasteiger partial charge >= 0.3 is 0 Å². The molecule has 4 heterocycles. The summed E-state index contributed by atoms with van der Waals surface area (Å²) < 4.78 is 13.4. The van der Waals surface area contributed by atoms with E-state index in [0.717, 1.165) is 28.5 Å². The summed E-state index contributed by atoms with van der Waals surface area (Å²) in [6.07, 6.45) is 5.70. The fourth-order valence-corrected chi connectivity index (χ4v) is 4.74. The van der Waals surface area contributed by atoms with Crippen LogP contribution in [0.1, 0.15) is 29.2 Å². The van der Waals surface area contributed by atoms with E-state index in [-0.39, 0.29) is 12.1 Å². The number of hydrogen-bond donors (Lipinski definition) is 1. The zero-order valence-electron chi connectivity index (χ0n) is 19.0. The van der Waals surface area contributed by atoms with E-state index in [9.17, 15) is 0 Å². The van der Waals surface area contributed by atoms with Gasteiger partial charge in [0.2, 0.25) is 0 Å². The second kappa shape index (κ2) is 9.52. The van der Waals surface area contributed by atoms with Gasteiger partial charge in [-0.05, 0) is 60.7 Å². The van der Waals surface area contributed by atoms with Crippen molar-refractivity contribution in [1.82, 2.24) is 19.9 Å². The summed E-state index contributed by atoms with van der Waals surface area (Å²) in [5.74, 6) is 1.40. The quantitative estimate of drug-likeness (QED) is 0.398. The number of rotatable bonds is 7. The highest BCUT2D eigenvalue weighted by molar-refractivity contribution is 7.80. The highest BCUT2D eigenvalue weighted by Crippen LogP contribution is 2.45. The second-order valence-corrected chi connectivity index (χ2v) is 8.30. The highest BCUT2D eigenvalue weighted by atomic mass is 32.1. The minimum absolute atomic E-state index is 0.155. The van der Waals surface area contributed by atoms with E-state index in [4.69, 9.17) is 21.7 Å². The van der Waals surface area contributed by atoms with Gasteiger partial charge in [-0.2, -0.15) is 0 Å². The third kappa shape index (κ3) is 4.08. The molecule has 7 nitrogen and oxygen atoms in total. The average Bonchev–Trinajstić information content (AvgIpc) is 3.48. The van der Waals surface area contributed by atoms with Gasteiger partial charge in [-0.25, -0.2) is 0 Å². The van der Waals surface area contributed by atoms with Gasteiger partial charge in [0.15, 0.2) is 5.11 Å². The van der Waals surface area contributed by atoms with Gasteiger partial charge in [-0.1, -0.05) is 12.1 Å². The van der Waals surface area contributed by atoms with E-state index in [0.29, 0.717) is 17.4 Å². The van der Waals surface area contributed by atoms with E-state index in [1.54, 1.807) is 20.4 Å². The average molecular weight is 472 g/mol. The molecule has 0 unspecified atom stereocenters. The maximum Gasteiger partial charge on any atom is 0.174 e. The van der Waals surface area contributed by atoms with E-state index < -0.39 is 0 Å². The third-order valence-electron chi connectivity index (χ3n) is 5.97. The van der Waals surface area contributed by atoms with E-state index in [1.807, 2.05) is 60.8 Å². The molecule has 0 bridgehead atoms. The fourth-order valence-electron chi connectivity index (χ4n) is 4.40. The van der Waals surface area contributed by atoms with Crippen molar-refractivity contribution >= 4 is 23.0 Å². The summed E-state index contributed by atoms with van der Waals surface area (Å²) in [6.45, 7) is 0.648. The topological polar surface area (TPSA) is 64.4 Å². The fraction of sp³-hybridized carbons (Fsp3) is 0.192. The van der Waals surface area contributed by atoms with Gasteiger partial charge in [0.05, 0.1) is 43.9 Å². The molecule has 0 aliphatic carbocycles. The van der Waals surface area contributed by atoms with E-state index in [1.165, 1.54) is 0 Å². The minimum atomic E-state index is -0.164. The monoisotopic (exact) mass is 471 g/mol. The molecule has 2 atom stereocenters. The molecule has 3 aromatic heterocycles. The summed E-state index contributed by atoms with van der Waals surface area (Å²) >= 11 is 5.87. The van der Waals surface area contributed by atoms with Crippen LogP contribution in [0.5, 0.6) is 11.5 Å². The Labute approximate surface area is 204 Å². The van der Waals surface area contributed by atoms with Gasteiger partial charge in [-0.3, -0.25) is 9.97 Å². The van der Waals surface area contributed by atoms with Crippen molar-refractivity contribution in [3.63, 3.8) is 0 Å². The highest BCUT2D eigenvalue weighted by Gasteiger charge is 2.43. The van der Waals surface area contributed by atoms with Crippen molar-refractivity contribution in [1.29, 1.82) is 0 Å². The number of hydrogen-bond acceptors (Lipinski definition) is 5. The number of nitrogens with one attached hydrogen (secondary N) is 1. The van der Waals surface area contributed by atoms with Crippen LogP contribution in [0.2, 0.25) is 0 Å². The van der Waals surface area contributed by atoms with E-state index in [2.05, 4.69) is 43.1 Å². The molecular weight excluding hydrogens is 446 g/mol. The molecule has 1 fully saturated rings. The molecule has 1 aromatic carbocycles. The molecule has 0 spiro atoms. The molecule has 172 valence electrons. The first-order valence-corrected chi connectivity index (χ1v) is 11.4. The van der Waals surface area contributed by atoms with Crippen LogP contribution in [-0.2, 0) is 6.54 Å². The molecule has 1 saturated heterocycles. The number of nitrogens with zero attached hydrogens (tertiary/aromatic N) is 4. The van der Waals surface area contributed by atoms with Gasteiger partial charge in [-0.15, -0.1) is 0 Å². The van der Waals surface area contributed by atoms with Crippen LogP contribution in [-0.4, -0.2) is 33.9 Å². The molecule has 1 aliphatic rings. The van der Waals surface area contributed by atoms with Crippen LogP contribution >= 0.6 is 12.2 Å². The van der Waals surface area contributed by atoms with Crippen molar-refractivity contribution in [3.8, 4) is 11.5 Å². The normalized spacial score (nSPS) is 17.5. The maximum atomic E-state index is 5.87. The Kier molecular flexibility index (Phi) is 6.14. The Bertz CT molecular complexity index is 1280. The molecule has 34 heavy (non-hydrogen) atoms. The first-order valence-electron chi connectivity index (χ1n) is 11.0. The van der Waals surface area contributed by atoms with Gasteiger partial charge in [0, 0.05) is 30.4 Å². The minimum Gasteiger partial charge on any atom is -0.497 e. The lowest BCUT2D eigenvalue weighted by Gasteiger charge is -2.30. The van der Waals surface area contributed by atoms with Crippen LogP contribution in [0.3, 0.4) is 0 Å². The molecular formula is C26H25N5O2S. The smallest absolute Gasteiger partial charge is 0.174 e. The van der Waals surface area contributed by atoms with Crippen molar-refractivity contribution < 1.29 is 9.47 Å². The molecule has 1 N–H and O–H groups in total. The van der Waals surface area contributed by atoms with Gasteiger partial charge < -0.3 is 24.3 Å². The zero-order chi connectivity index (χ0) is 23.5. The first-order chi connectivity index (χ1) is 16.7. The molecule has 0 saturated carbocycles. The number of pyridine rings is 2. The summed E-state index contributed by atoms with van der Waals surface area (Å²) in [5.41, 5.74) is 3.84. The Hall–Kier alpha value is -3.91. The van der Waals surface area contributed by atoms with Crippen molar-refractivity contribution in [2.45, 2.75) is 18.6 Å². The van der Waals surface area contributed by atoms with Crippen LogP contribution in [0.15, 0.2) is 85.3 Å². The SMILES string of the molecule is COc1ccc(N2C(=S)N[C@H](c3ccccn3)[C@H]2c2cccn2Cc2ccccn2)c(OC)c1. The van der Waals surface area contributed by atoms with Crippen LogP contribution in [0, 0.1) is 0 Å². The summed E-state index contributed by atoms with van der Waals surface area (Å²) in [7, 11) is 3.29. The van der Waals surface area contributed by atoms with Crippen molar-refractivity contribution in [2.24, 2.45) is 0 Å². The summed E-state index contributed by atoms with van der Waals surface area (Å²) in [4.78, 5) is 11.3. The van der Waals surface area contributed by atoms with Crippen molar-refractivity contribution in [2.75, 3.05) is 19.1 Å². The molecule has 5 rings (SSSR count). The predicted molar refractivity (Wildman–Crippen MR) is 135 cm³/mol. The third-order valence-corrected chi connectivity index (χ3v) is 6.29. The Morgan fingerprint density at radius 2 is 1.76 bits per heavy atom. The zero-order valence-corrected chi connectivity index (χ0v) is 19.8. The lowest BCUT2D eigenvalue weighted by atomic mass is 10.0. The second-order valence-electron chi connectivity index (χ2n) is 7.92. The Morgan fingerprint density at radius 1 is 0.941 bits per heavy atom. The molecule has 0 amide bonds. The van der Waals surface area contributed by atoms with Gasteiger partial charge in [0.25, 0.3) is 0 Å². The predicted octanol–water partition coefficient (Wildman–Crippen LogP) is 4.52. The Balaban J connectivity index is 1.63. The number of benzene rings is 1. The summed E-state index contributed by atoms with van der Waals surface area (Å²) in [5, 5.41) is 4.11. The maximum absolute atomic E-state index is 5.87. The standard InChI is InChI=1S/C26H25N5O2S/c1-32-19-11-12-21(23(16-19)33-2)31-25(24(29-26(31)34)20-9-4-6-14-28-20)22-10-7-15-30(22)17-18-8-3-5-13-27-18/h3-16,24-25H,17H2,1-2H3,(H,29,34)/t24-,25-/m1/s1.